The van der Waals surface area contributed by atoms with Crippen LogP contribution in [0.15, 0.2) is 18.2 Å². The summed E-state index contributed by atoms with van der Waals surface area (Å²) in [6.45, 7) is 0. The van der Waals surface area contributed by atoms with E-state index >= 15 is 0 Å². The number of fused-ring (bicyclic) bond motifs is 1. The number of aryl methyl sites for hydroxylation is 1. The summed E-state index contributed by atoms with van der Waals surface area (Å²) < 4.78 is 52.1. The molecule has 0 bridgehead atoms. The van der Waals surface area contributed by atoms with Gasteiger partial charge in [0.15, 0.2) is 5.13 Å². The fraction of sp³-hybridized carbons (Fsp3) is 0.333. The third-order valence-corrected chi connectivity index (χ3v) is 4.78. The van der Waals surface area contributed by atoms with Crippen molar-refractivity contribution in [2.75, 3.05) is 5.32 Å². The molecule has 1 aromatic carbocycles. The molecule has 0 spiro atoms. The van der Waals surface area contributed by atoms with Gasteiger partial charge in [0.1, 0.15) is 5.82 Å². The zero-order valence-corrected chi connectivity index (χ0v) is 13.1. The SMILES string of the molecule is N[C@H]1CCc2nc(NC(=O)c3cccc(C(F)(F)F)c3F)sc2C1. The Morgan fingerprint density at radius 3 is 2.83 bits per heavy atom. The second kappa shape index (κ2) is 6.14. The fourth-order valence-electron chi connectivity index (χ4n) is 2.54. The molecule has 9 heteroatoms. The summed E-state index contributed by atoms with van der Waals surface area (Å²) >= 11 is 1.21. The van der Waals surface area contributed by atoms with Gasteiger partial charge in [-0.05, 0) is 31.4 Å². The van der Waals surface area contributed by atoms with E-state index in [1.807, 2.05) is 0 Å². The van der Waals surface area contributed by atoms with Crippen LogP contribution < -0.4 is 11.1 Å². The number of carbonyl (C=O) groups excluding carboxylic acids is 1. The molecule has 24 heavy (non-hydrogen) atoms. The monoisotopic (exact) mass is 359 g/mol. The number of hydrogen-bond acceptors (Lipinski definition) is 4. The molecule has 1 aliphatic rings. The molecule has 0 fully saturated rings. The van der Waals surface area contributed by atoms with E-state index in [4.69, 9.17) is 5.73 Å². The molecule has 0 saturated heterocycles. The Morgan fingerprint density at radius 2 is 2.12 bits per heavy atom. The highest BCUT2D eigenvalue weighted by Gasteiger charge is 2.35. The number of hydrogen-bond donors (Lipinski definition) is 2. The molecule has 2 aromatic rings. The zero-order chi connectivity index (χ0) is 17.5. The Bertz CT molecular complexity index is 788. The number of thiazole rings is 1. The Balaban J connectivity index is 1.84. The highest BCUT2D eigenvalue weighted by molar-refractivity contribution is 7.15. The first-order valence-electron chi connectivity index (χ1n) is 7.17. The van der Waals surface area contributed by atoms with Gasteiger partial charge in [-0.1, -0.05) is 6.07 Å². The minimum atomic E-state index is -4.86. The maximum absolute atomic E-state index is 14.0. The van der Waals surface area contributed by atoms with Crippen molar-refractivity contribution in [3.05, 3.63) is 45.7 Å². The van der Waals surface area contributed by atoms with E-state index < -0.39 is 29.0 Å². The van der Waals surface area contributed by atoms with Crippen molar-refractivity contribution < 1.29 is 22.4 Å². The molecule has 0 radical (unpaired) electrons. The van der Waals surface area contributed by atoms with Crippen LogP contribution in [0.4, 0.5) is 22.7 Å². The maximum Gasteiger partial charge on any atom is 0.419 e. The van der Waals surface area contributed by atoms with Gasteiger partial charge in [0.2, 0.25) is 0 Å². The molecule has 1 atom stereocenters. The second-order valence-corrected chi connectivity index (χ2v) is 6.59. The number of amides is 1. The number of rotatable bonds is 2. The van der Waals surface area contributed by atoms with Crippen molar-refractivity contribution in [2.45, 2.75) is 31.5 Å². The molecule has 1 heterocycles. The summed E-state index contributed by atoms with van der Waals surface area (Å²) in [7, 11) is 0. The van der Waals surface area contributed by atoms with Crippen LogP contribution in [-0.2, 0) is 19.0 Å². The predicted molar refractivity (Wildman–Crippen MR) is 81.5 cm³/mol. The van der Waals surface area contributed by atoms with Crippen molar-refractivity contribution in [2.24, 2.45) is 5.73 Å². The van der Waals surface area contributed by atoms with Crippen molar-refractivity contribution in [1.82, 2.24) is 4.98 Å². The molecule has 1 aromatic heterocycles. The van der Waals surface area contributed by atoms with Crippen LogP contribution in [0.1, 0.15) is 32.9 Å². The van der Waals surface area contributed by atoms with Gasteiger partial charge in [-0.15, -0.1) is 11.3 Å². The number of carbonyl (C=O) groups is 1. The lowest BCUT2D eigenvalue weighted by atomic mass is 9.99. The number of benzene rings is 1. The van der Waals surface area contributed by atoms with Crippen LogP contribution in [0, 0.1) is 5.82 Å². The Morgan fingerprint density at radius 1 is 1.38 bits per heavy atom. The molecular formula is C15H13F4N3OS. The van der Waals surface area contributed by atoms with Crippen molar-refractivity contribution in [3.63, 3.8) is 0 Å². The summed E-state index contributed by atoms with van der Waals surface area (Å²) in [5.74, 6) is -2.56. The van der Waals surface area contributed by atoms with Crippen LogP contribution in [0.2, 0.25) is 0 Å². The first kappa shape index (κ1) is 16.8. The lowest BCUT2D eigenvalue weighted by molar-refractivity contribution is -0.140. The van der Waals surface area contributed by atoms with Gasteiger partial charge in [-0.25, -0.2) is 9.37 Å². The van der Waals surface area contributed by atoms with Crippen molar-refractivity contribution >= 4 is 22.4 Å². The summed E-state index contributed by atoms with van der Waals surface area (Å²) in [5, 5.41) is 2.60. The third-order valence-electron chi connectivity index (χ3n) is 3.75. The van der Waals surface area contributed by atoms with Crippen LogP contribution in [0.25, 0.3) is 0 Å². The lowest BCUT2D eigenvalue weighted by Gasteiger charge is -2.15. The molecule has 128 valence electrons. The van der Waals surface area contributed by atoms with Crippen LogP contribution >= 0.6 is 11.3 Å². The molecule has 3 N–H and O–H groups in total. The smallest absolute Gasteiger partial charge is 0.327 e. The topological polar surface area (TPSA) is 68.0 Å². The van der Waals surface area contributed by atoms with E-state index in [1.165, 1.54) is 11.3 Å². The second-order valence-electron chi connectivity index (χ2n) is 5.51. The molecular weight excluding hydrogens is 346 g/mol. The van der Waals surface area contributed by atoms with Gasteiger partial charge in [-0.3, -0.25) is 10.1 Å². The van der Waals surface area contributed by atoms with E-state index in [2.05, 4.69) is 10.3 Å². The van der Waals surface area contributed by atoms with E-state index in [1.54, 1.807) is 0 Å². The maximum atomic E-state index is 14.0. The van der Waals surface area contributed by atoms with Crippen LogP contribution in [0.3, 0.4) is 0 Å². The first-order chi connectivity index (χ1) is 11.3. The average Bonchev–Trinajstić information content (AvgIpc) is 2.87. The summed E-state index contributed by atoms with van der Waals surface area (Å²) in [5.41, 5.74) is 4.54. The fourth-order valence-corrected chi connectivity index (χ4v) is 3.64. The largest absolute Gasteiger partial charge is 0.419 e. The Labute approximate surface area is 138 Å². The van der Waals surface area contributed by atoms with Gasteiger partial charge in [0.25, 0.3) is 5.91 Å². The molecule has 0 unspecified atom stereocenters. The van der Waals surface area contributed by atoms with Gasteiger partial charge in [0.05, 0.1) is 16.8 Å². The number of aromatic nitrogens is 1. The predicted octanol–water partition coefficient (Wildman–Crippen LogP) is 3.37. The molecule has 1 aliphatic carbocycles. The molecule has 1 amide bonds. The standard InChI is InChI=1S/C15H13F4N3OS/c16-12-8(2-1-3-9(12)15(17,18)19)13(23)22-14-21-10-5-4-7(20)6-11(10)24-14/h1-3,7H,4-6,20H2,(H,21,22,23)/t7-/m0/s1. The van der Waals surface area contributed by atoms with E-state index in [0.29, 0.717) is 18.9 Å². The summed E-state index contributed by atoms with van der Waals surface area (Å²) in [6.07, 6.45) is -2.76. The van der Waals surface area contributed by atoms with Crippen molar-refractivity contribution in [1.29, 1.82) is 0 Å². The number of halogens is 4. The molecule has 4 nitrogen and oxygen atoms in total. The summed E-state index contributed by atoms with van der Waals surface area (Å²) in [4.78, 5) is 17.3. The Kier molecular flexibility index (Phi) is 4.31. The number of nitrogens with one attached hydrogen (secondary N) is 1. The molecule has 0 saturated carbocycles. The van der Waals surface area contributed by atoms with Gasteiger partial charge in [-0.2, -0.15) is 13.2 Å². The zero-order valence-electron chi connectivity index (χ0n) is 12.3. The average molecular weight is 359 g/mol. The molecule has 0 aliphatic heterocycles. The first-order valence-corrected chi connectivity index (χ1v) is 7.98. The van der Waals surface area contributed by atoms with Gasteiger partial charge in [0, 0.05) is 10.9 Å². The quantitative estimate of drug-likeness (QED) is 0.808. The lowest BCUT2D eigenvalue weighted by Crippen LogP contribution is -2.27. The Hall–Kier alpha value is -2.00. The normalized spacial score (nSPS) is 17.5. The number of anilines is 1. The van der Waals surface area contributed by atoms with Crippen LogP contribution in [-0.4, -0.2) is 16.9 Å². The van der Waals surface area contributed by atoms with Gasteiger partial charge < -0.3 is 5.73 Å². The minimum absolute atomic E-state index is 0.0300. The van der Waals surface area contributed by atoms with E-state index in [0.717, 1.165) is 29.1 Å². The molecule has 3 rings (SSSR count). The highest BCUT2D eigenvalue weighted by atomic mass is 32.1. The number of nitrogens with zero attached hydrogens (tertiary/aromatic N) is 1. The number of alkyl halides is 3. The van der Waals surface area contributed by atoms with E-state index in [-0.39, 0.29) is 11.2 Å². The minimum Gasteiger partial charge on any atom is -0.327 e. The van der Waals surface area contributed by atoms with Crippen molar-refractivity contribution in [3.8, 4) is 0 Å². The third kappa shape index (κ3) is 3.27. The van der Waals surface area contributed by atoms with E-state index in [9.17, 15) is 22.4 Å². The van der Waals surface area contributed by atoms with Gasteiger partial charge >= 0.3 is 6.18 Å². The number of nitrogens with two attached hydrogens (primary N) is 1. The highest BCUT2D eigenvalue weighted by Crippen LogP contribution is 2.33. The van der Waals surface area contributed by atoms with Crippen LogP contribution in [0.5, 0.6) is 0 Å². The summed E-state index contributed by atoms with van der Waals surface area (Å²) in [6, 6.07) is 2.62.